The fraction of sp³-hybridized carbons (Fsp3) is 0. The summed E-state index contributed by atoms with van der Waals surface area (Å²) in [5.41, 5.74) is 0.237. The smallest absolute Gasteiger partial charge is 0.343 e. The molecule has 0 aliphatic rings. The van der Waals surface area contributed by atoms with Crippen LogP contribution < -0.4 is 4.74 Å². The van der Waals surface area contributed by atoms with Crippen molar-refractivity contribution in [3.05, 3.63) is 68.7 Å². The number of nitro benzene ring substituents is 1. The number of ether oxygens (including phenoxy) is 1. The van der Waals surface area contributed by atoms with Gasteiger partial charge in [-0.15, -0.1) is 0 Å². The van der Waals surface area contributed by atoms with E-state index in [1.807, 2.05) is 0 Å². The molecule has 0 bridgehead atoms. The summed E-state index contributed by atoms with van der Waals surface area (Å²) in [5, 5.41) is 10.6. The van der Waals surface area contributed by atoms with Gasteiger partial charge in [-0.25, -0.2) is 4.79 Å². The van der Waals surface area contributed by atoms with Crippen LogP contribution in [0.5, 0.6) is 5.75 Å². The van der Waals surface area contributed by atoms with Gasteiger partial charge in [-0.05, 0) is 24.3 Å². The Morgan fingerprint density at radius 1 is 1.16 bits per heavy atom. The van der Waals surface area contributed by atoms with Gasteiger partial charge in [0.05, 0.1) is 16.6 Å². The molecule has 0 atom stereocenters. The van der Waals surface area contributed by atoms with E-state index >= 15 is 0 Å². The number of rotatable bonds is 3. The van der Waals surface area contributed by atoms with Gasteiger partial charge in [0.25, 0.3) is 5.69 Å². The van der Waals surface area contributed by atoms with Gasteiger partial charge in [0.2, 0.25) is 0 Å². The molecule has 96 valence electrons. The van der Waals surface area contributed by atoms with Gasteiger partial charge in [-0.3, -0.25) is 10.1 Å². The highest BCUT2D eigenvalue weighted by Gasteiger charge is 2.11. The van der Waals surface area contributed by atoms with Gasteiger partial charge < -0.3 is 4.74 Å². The Hall–Kier alpha value is -2.21. The monoisotopic (exact) mass is 321 g/mol. The molecule has 19 heavy (non-hydrogen) atoms. The average molecular weight is 322 g/mol. The molecule has 0 aliphatic carbocycles. The Kier molecular flexibility index (Phi) is 3.91. The maximum atomic E-state index is 11.8. The summed E-state index contributed by atoms with van der Waals surface area (Å²) in [4.78, 5) is 21.9. The average Bonchev–Trinajstić information content (AvgIpc) is 2.39. The highest BCUT2D eigenvalue weighted by Crippen LogP contribution is 2.20. The van der Waals surface area contributed by atoms with Crippen LogP contribution in [0.1, 0.15) is 10.4 Å². The number of nitrogens with zero attached hydrogens (tertiary/aromatic N) is 1. The fourth-order valence-corrected chi connectivity index (χ4v) is 1.84. The first kappa shape index (κ1) is 13.2. The van der Waals surface area contributed by atoms with Crippen LogP contribution in [-0.4, -0.2) is 10.9 Å². The second-order valence-electron chi connectivity index (χ2n) is 3.65. The predicted molar refractivity (Wildman–Crippen MR) is 72.2 cm³/mol. The molecule has 5 nitrogen and oxygen atoms in total. The second-order valence-corrected chi connectivity index (χ2v) is 4.57. The van der Waals surface area contributed by atoms with E-state index in [1.165, 1.54) is 24.3 Å². The normalized spacial score (nSPS) is 9.95. The van der Waals surface area contributed by atoms with E-state index in [0.717, 1.165) is 4.47 Å². The Labute approximate surface area is 117 Å². The van der Waals surface area contributed by atoms with Gasteiger partial charge in [-0.2, -0.15) is 0 Å². The molecular formula is C13H8BrNO4. The van der Waals surface area contributed by atoms with Crippen molar-refractivity contribution in [2.75, 3.05) is 0 Å². The number of benzene rings is 2. The molecule has 2 rings (SSSR count). The van der Waals surface area contributed by atoms with Crippen LogP contribution in [0.3, 0.4) is 0 Å². The standard InChI is InChI=1S/C13H8BrNO4/c14-10-4-1-3-9(7-10)13(16)19-12-6-2-5-11(8-12)15(17)18/h1-8H. The number of carbonyl (C=O) groups is 1. The third-order valence-electron chi connectivity index (χ3n) is 2.30. The molecule has 0 N–H and O–H groups in total. The molecule has 0 amide bonds. The number of hydrogen-bond donors (Lipinski definition) is 0. The number of esters is 1. The van der Waals surface area contributed by atoms with Gasteiger partial charge in [0.15, 0.2) is 0 Å². The molecule has 0 saturated carbocycles. The fourth-order valence-electron chi connectivity index (χ4n) is 1.44. The van der Waals surface area contributed by atoms with Gasteiger partial charge in [0, 0.05) is 10.5 Å². The van der Waals surface area contributed by atoms with E-state index in [9.17, 15) is 14.9 Å². The van der Waals surface area contributed by atoms with E-state index in [2.05, 4.69) is 15.9 Å². The Morgan fingerprint density at radius 2 is 1.89 bits per heavy atom. The van der Waals surface area contributed by atoms with Crippen molar-refractivity contribution in [2.45, 2.75) is 0 Å². The number of carbonyl (C=O) groups excluding carboxylic acids is 1. The van der Waals surface area contributed by atoms with Crippen molar-refractivity contribution >= 4 is 27.6 Å². The van der Waals surface area contributed by atoms with Crippen LogP contribution in [0.2, 0.25) is 0 Å². The summed E-state index contributed by atoms with van der Waals surface area (Å²) >= 11 is 3.25. The van der Waals surface area contributed by atoms with Crippen LogP contribution in [-0.2, 0) is 0 Å². The van der Waals surface area contributed by atoms with Crippen LogP contribution in [0.15, 0.2) is 53.0 Å². The minimum Gasteiger partial charge on any atom is -0.423 e. The predicted octanol–water partition coefficient (Wildman–Crippen LogP) is 3.58. The van der Waals surface area contributed by atoms with E-state index in [-0.39, 0.29) is 11.4 Å². The number of hydrogen-bond acceptors (Lipinski definition) is 4. The Bertz CT molecular complexity index is 642. The maximum Gasteiger partial charge on any atom is 0.343 e. The van der Waals surface area contributed by atoms with E-state index in [1.54, 1.807) is 24.3 Å². The summed E-state index contributed by atoms with van der Waals surface area (Å²) < 4.78 is 5.83. The lowest BCUT2D eigenvalue weighted by atomic mass is 10.2. The number of nitro groups is 1. The van der Waals surface area contributed by atoms with Crippen LogP contribution in [0, 0.1) is 10.1 Å². The molecule has 0 saturated heterocycles. The van der Waals surface area contributed by atoms with Gasteiger partial charge >= 0.3 is 5.97 Å². The molecule has 0 aliphatic heterocycles. The van der Waals surface area contributed by atoms with E-state index in [0.29, 0.717) is 5.56 Å². The number of halogens is 1. The summed E-state index contributed by atoms with van der Waals surface area (Å²) in [6, 6.07) is 12.2. The minimum atomic E-state index is -0.568. The maximum absolute atomic E-state index is 11.8. The van der Waals surface area contributed by atoms with Crippen molar-refractivity contribution in [3.63, 3.8) is 0 Å². The first-order chi connectivity index (χ1) is 9.06. The van der Waals surface area contributed by atoms with Crippen molar-refractivity contribution in [1.29, 1.82) is 0 Å². The van der Waals surface area contributed by atoms with E-state index < -0.39 is 10.9 Å². The van der Waals surface area contributed by atoms with Crippen LogP contribution in [0.4, 0.5) is 5.69 Å². The molecule has 0 spiro atoms. The van der Waals surface area contributed by atoms with Crippen molar-refractivity contribution in [2.24, 2.45) is 0 Å². The molecule has 0 aromatic heterocycles. The topological polar surface area (TPSA) is 69.4 Å². The van der Waals surface area contributed by atoms with Crippen molar-refractivity contribution < 1.29 is 14.5 Å². The van der Waals surface area contributed by atoms with Crippen molar-refractivity contribution in [1.82, 2.24) is 0 Å². The summed E-state index contributed by atoms with van der Waals surface area (Å²) in [6.45, 7) is 0. The third kappa shape index (κ3) is 3.38. The molecular weight excluding hydrogens is 314 g/mol. The molecule has 2 aromatic rings. The molecule has 0 unspecified atom stereocenters. The van der Waals surface area contributed by atoms with Crippen LogP contribution in [0.25, 0.3) is 0 Å². The molecule has 0 radical (unpaired) electrons. The van der Waals surface area contributed by atoms with E-state index in [4.69, 9.17) is 4.74 Å². The molecule has 6 heteroatoms. The minimum absolute atomic E-state index is 0.125. The van der Waals surface area contributed by atoms with Gasteiger partial charge in [0.1, 0.15) is 5.75 Å². The largest absolute Gasteiger partial charge is 0.423 e. The van der Waals surface area contributed by atoms with Crippen molar-refractivity contribution in [3.8, 4) is 5.75 Å². The second kappa shape index (κ2) is 5.62. The first-order valence-electron chi connectivity index (χ1n) is 5.28. The highest BCUT2D eigenvalue weighted by atomic mass is 79.9. The zero-order chi connectivity index (χ0) is 13.8. The lowest BCUT2D eigenvalue weighted by Gasteiger charge is -2.04. The van der Waals surface area contributed by atoms with Crippen LogP contribution >= 0.6 is 15.9 Å². The SMILES string of the molecule is O=C(Oc1cccc([N+](=O)[O-])c1)c1cccc(Br)c1. The quantitative estimate of drug-likeness (QED) is 0.375. The molecule has 0 heterocycles. The first-order valence-corrected chi connectivity index (χ1v) is 6.08. The zero-order valence-corrected chi connectivity index (χ0v) is 11.2. The Morgan fingerprint density at radius 3 is 2.58 bits per heavy atom. The summed E-state index contributed by atoms with van der Waals surface area (Å²) in [7, 11) is 0. The molecule has 0 fully saturated rings. The lowest BCUT2D eigenvalue weighted by Crippen LogP contribution is -2.08. The highest BCUT2D eigenvalue weighted by molar-refractivity contribution is 9.10. The van der Waals surface area contributed by atoms with Gasteiger partial charge in [-0.1, -0.05) is 28.1 Å². The molecule has 2 aromatic carbocycles. The number of non-ortho nitro benzene ring substituents is 1. The third-order valence-corrected chi connectivity index (χ3v) is 2.79. The Balaban J connectivity index is 2.19. The lowest BCUT2D eigenvalue weighted by molar-refractivity contribution is -0.384. The zero-order valence-electron chi connectivity index (χ0n) is 9.58. The summed E-state index contributed by atoms with van der Waals surface area (Å²) in [6.07, 6.45) is 0. The summed E-state index contributed by atoms with van der Waals surface area (Å²) in [5.74, 6) is -0.430.